The lowest BCUT2D eigenvalue weighted by molar-refractivity contribution is -0.384. The number of nitrogens with one attached hydrogen (secondary N) is 1. The first-order valence-electron chi connectivity index (χ1n) is 9.06. The zero-order valence-corrected chi connectivity index (χ0v) is 17.2. The van der Waals surface area contributed by atoms with Gasteiger partial charge in [0.25, 0.3) is 5.69 Å². The third-order valence-corrected chi connectivity index (χ3v) is 4.43. The molecule has 0 amide bonds. The van der Waals surface area contributed by atoms with Gasteiger partial charge in [-0.25, -0.2) is 9.59 Å². The highest BCUT2D eigenvalue weighted by Crippen LogP contribution is 2.26. The number of ketones is 1. The van der Waals surface area contributed by atoms with Crippen molar-refractivity contribution in [1.82, 2.24) is 4.98 Å². The molecule has 30 heavy (non-hydrogen) atoms. The minimum Gasteiger partial charge on any atom is -0.496 e. The molecule has 1 aromatic heterocycles. The van der Waals surface area contributed by atoms with Crippen LogP contribution in [0.1, 0.15) is 56.3 Å². The van der Waals surface area contributed by atoms with E-state index in [9.17, 15) is 24.5 Å². The van der Waals surface area contributed by atoms with Crippen molar-refractivity contribution in [2.75, 3.05) is 13.7 Å². The number of carbonyl (C=O) groups excluding carboxylic acids is 3. The Balaban J connectivity index is 2.28. The summed E-state index contributed by atoms with van der Waals surface area (Å²) in [6.07, 6.45) is -1.23. The number of H-pyrrole nitrogens is 1. The number of hydrogen-bond acceptors (Lipinski definition) is 8. The number of aryl methyl sites for hydroxylation is 1. The lowest BCUT2D eigenvalue weighted by Gasteiger charge is -2.14. The molecule has 0 aliphatic carbocycles. The van der Waals surface area contributed by atoms with E-state index < -0.39 is 28.7 Å². The molecule has 0 aliphatic heterocycles. The number of aromatic amines is 1. The number of Topliss-reactive ketones (excluding diaryl/α,β-unsaturated/α-hetero) is 1. The fourth-order valence-electron chi connectivity index (χ4n) is 2.96. The van der Waals surface area contributed by atoms with E-state index in [1.165, 1.54) is 26.2 Å². The van der Waals surface area contributed by atoms with Crippen molar-refractivity contribution in [2.45, 2.75) is 33.8 Å². The summed E-state index contributed by atoms with van der Waals surface area (Å²) in [5.41, 5.74) is 0.690. The van der Waals surface area contributed by atoms with Crippen molar-refractivity contribution in [3.8, 4) is 5.75 Å². The highest BCUT2D eigenvalue weighted by atomic mass is 16.6. The predicted molar refractivity (Wildman–Crippen MR) is 105 cm³/mol. The van der Waals surface area contributed by atoms with Crippen LogP contribution in [0.3, 0.4) is 0 Å². The lowest BCUT2D eigenvalue weighted by atomic mass is 10.1. The maximum Gasteiger partial charge on any atom is 0.342 e. The topological polar surface area (TPSA) is 138 Å². The summed E-state index contributed by atoms with van der Waals surface area (Å²) in [5, 5.41) is 11.0. The first-order chi connectivity index (χ1) is 14.1. The molecule has 10 heteroatoms. The lowest BCUT2D eigenvalue weighted by Crippen LogP contribution is -2.25. The fourth-order valence-corrected chi connectivity index (χ4v) is 2.96. The van der Waals surface area contributed by atoms with Gasteiger partial charge in [-0.05, 0) is 39.3 Å². The molecular formula is C20H22N2O8. The fraction of sp³-hybridized carbons (Fsp3) is 0.350. The number of hydrogen-bond donors (Lipinski definition) is 1. The quantitative estimate of drug-likeness (QED) is 0.299. The highest BCUT2D eigenvalue weighted by molar-refractivity contribution is 6.04. The van der Waals surface area contributed by atoms with Crippen LogP contribution in [0.5, 0.6) is 5.75 Å². The van der Waals surface area contributed by atoms with Crippen LogP contribution in [-0.2, 0) is 9.47 Å². The van der Waals surface area contributed by atoms with Gasteiger partial charge in [0.1, 0.15) is 11.3 Å². The minimum atomic E-state index is -1.23. The molecule has 0 unspecified atom stereocenters. The third kappa shape index (κ3) is 4.48. The predicted octanol–water partition coefficient (Wildman–Crippen LogP) is 3.15. The number of ether oxygens (including phenoxy) is 3. The van der Waals surface area contributed by atoms with E-state index >= 15 is 0 Å². The zero-order valence-electron chi connectivity index (χ0n) is 17.2. The summed E-state index contributed by atoms with van der Waals surface area (Å²) in [5.74, 6) is -2.01. The first kappa shape index (κ1) is 22.6. The average Bonchev–Trinajstić information content (AvgIpc) is 3.00. The van der Waals surface area contributed by atoms with Crippen molar-refractivity contribution < 1.29 is 33.5 Å². The van der Waals surface area contributed by atoms with Crippen LogP contribution in [0.2, 0.25) is 0 Å². The Morgan fingerprint density at radius 2 is 1.87 bits per heavy atom. The van der Waals surface area contributed by atoms with Crippen LogP contribution < -0.4 is 4.74 Å². The second kappa shape index (κ2) is 9.21. The molecule has 160 valence electrons. The van der Waals surface area contributed by atoms with Gasteiger partial charge in [-0.1, -0.05) is 0 Å². The molecular weight excluding hydrogens is 396 g/mol. The Hall–Kier alpha value is -3.69. The zero-order chi connectivity index (χ0) is 22.6. The van der Waals surface area contributed by atoms with Crippen molar-refractivity contribution in [2.24, 2.45) is 0 Å². The van der Waals surface area contributed by atoms with Crippen molar-refractivity contribution in [1.29, 1.82) is 0 Å². The second-order valence-corrected chi connectivity index (χ2v) is 6.40. The number of nitro benzene ring substituents is 1. The van der Waals surface area contributed by atoms with Gasteiger partial charge in [0, 0.05) is 17.8 Å². The van der Waals surface area contributed by atoms with E-state index in [0.717, 1.165) is 6.07 Å². The van der Waals surface area contributed by atoms with E-state index in [4.69, 9.17) is 14.2 Å². The third-order valence-electron chi connectivity index (χ3n) is 4.43. The van der Waals surface area contributed by atoms with E-state index in [2.05, 4.69) is 4.98 Å². The van der Waals surface area contributed by atoms with Gasteiger partial charge in [0.2, 0.25) is 5.78 Å². The van der Waals surface area contributed by atoms with E-state index in [1.54, 1.807) is 20.8 Å². The van der Waals surface area contributed by atoms with E-state index in [-0.39, 0.29) is 34.9 Å². The number of nitro groups is 1. The van der Waals surface area contributed by atoms with Crippen molar-refractivity contribution >= 4 is 23.4 Å². The van der Waals surface area contributed by atoms with Gasteiger partial charge in [-0.3, -0.25) is 14.9 Å². The molecule has 0 saturated heterocycles. The Kier molecular flexibility index (Phi) is 6.93. The van der Waals surface area contributed by atoms with Gasteiger partial charge >= 0.3 is 11.9 Å². The Labute approximate surface area is 172 Å². The van der Waals surface area contributed by atoms with Crippen LogP contribution in [0, 0.1) is 24.0 Å². The number of benzene rings is 1. The van der Waals surface area contributed by atoms with Crippen LogP contribution in [-0.4, -0.2) is 47.4 Å². The van der Waals surface area contributed by atoms with Gasteiger partial charge in [0.15, 0.2) is 6.10 Å². The van der Waals surface area contributed by atoms with Crippen LogP contribution in [0.25, 0.3) is 0 Å². The van der Waals surface area contributed by atoms with E-state index in [1.807, 2.05) is 0 Å². The number of aromatic nitrogens is 1. The molecule has 2 rings (SSSR count). The molecule has 0 bridgehead atoms. The van der Waals surface area contributed by atoms with Crippen LogP contribution in [0.4, 0.5) is 5.69 Å². The van der Waals surface area contributed by atoms with Crippen molar-refractivity contribution in [3.63, 3.8) is 0 Å². The van der Waals surface area contributed by atoms with Gasteiger partial charge in [0.05, 0.1) is 29.9 Å². The number of carbonyl (C=O) groups is 3. The Morgan fingerprint density at radius 1 is 1.20 bits per heavy atom. The summed E-state index contributed by atoms with van der Waals surface area (Å²) in [4.78, 5) is 50.6. The smallest absolute Gasteiger partial charge is 0.342 e. The molecule has 1 aromatic carbocycles. The molecule has 10 nitrogen and oxygen atoms in total. The number of esters is 2. The summed E-state index contributed by atoms with van der Waals surface area (Å²) in [6.45, 7) is 6.43. The molecule has 0 radical (unpaired) electrons. The SMILES string of the molecule is CCOC(=O)c1c(C)[nH]c(C(=O)[C@H](C)OC(=O)c2cc([N+](=O)[O-])ccc2OC)c1C. The largest absolute Gasteiger partial charge is 0.496 e. The molecule has 0 saturated carbocycles. The van der Waals surface area contributed by atoms with Gasteiger partial charge in [-0.15, -0.1) is 0 Å². The molecule has 1 N–H and O–H groups in total. The number of non-ortho nitro benzene ring substituents is 1. The first-order valence-corrected chi connectivity index (χ1v) is 9.06. The number of nitrogens with zero attached hydrogens (tertiary/aromatic N) is 1. The summed E-state index contributed by atoms with van der Waals surface area (Å²) >= 11 is 0. The molecule has 2 aromatic rings. The van der Waals surface area contributed by atoms with Gasteiger partial charge in [-0.2, -0.15) is 0 Å². The standard InChI is InChI=1S/C20H22N2O8/c1-6-29-20(25)16-10(2)17(21-11(16)3)18(23)12(4)30-19(24)14-9-13(22(26)27)7-8-15(14)28-5/h7-9,12,21H,6H2,1-5H3/t12-/m0/s1. The summed E-state index contributed by atoms with van der Waals surface area (Å²) < 4.78 is 15.3. The number of methoxy groups -OCH3 is 1. The maximum atomic E-state index is 12.8. The van der Waals surface area contributed by atoms with Crippen LogP contribution >= 0.6 is 0 Å². The van der Waals surface area contributed by atoms with Crippen LogP contribution in [0.15, 0.2) is 18.2 Å². The molecule has 1 atom stereocenters. The Morgan fingerprint density at radius 3 is 2.43 bits per heavy atom. The Bertz CT molecular complexity index is 1010. The highest BCUT2D eigenvalue weighted by Gasteiger charge is 2.29. The van der Waals surface area contributed by atoms with Crippen molar-refractivity contribution in [3.05, 3.63) is 56.4 Å². The number of rotatable bonds is 8. The molecule has 1 heterocycles. The maximum absolute atomic E-state index is 12.8. The normalized spacial score (nSPS) is 11.5. The van der Waals surface area contributed by atoms with Gasteiger partial charge < -0.3 is 19.2 Å². The molecule has 0 fully saturated rings. The molecule has 0 spiro atoms. The molecule has 0 aliphatic rings. The monoisotopic (exact) mass is 418 g/mol. The summed E-state index contributed by atoms with van der Waals surface area (Å²) in [7, 11) is 1.30. The van der Waals surface area contributed by atoms with E-state index in [0.29, 0.717) is 11.3 Å². The minimum absolute atomic E-state index is 0.0711. The average molecular weight is 418 g/mol. The summed E-state index contributed by atoms with van der Waals surface area (Å²) in [6, 6.07) is 3.47. The second-order valence-electron chi connectivity index (χ2n) is 6.40.